The number of rotatable bonds is 6. The summed E-state index contributed by atoms with van der Waals surface area (Å²) in [5, 5.41) is 39.7. The Balaban J connectivity index is 1.85. The average molecular weight is 422 g/mol. The molecule has 0 spiro atoms. The quantitative estimate of drug-likeness (QED) is 0.353. The Bertz CT molecular complexity index is 580. The van der Waals surface area contributed by atoms with E-state index in [1.807, 2.05) is 0 Å². The molecule has 0 aromatic rings. The number of hydrogen-bond acceptors (Lipinski definition) is 11. The van der Waals surface area contributed by atoms with Crippen molar-refractivity contribution in [3.63, 3.8) is 0 Å². The second-order valence-corrected chi connectivity index (χ2v) is 8.37. The van der Waals surface area contributed by atoms with Crippen LogP contribution in [0.3, 0.4) is 0 Å². The van der Waals surface area contributed by atoms with E-state index in [4.69, 9.17) is 28.4 Å². The maximum absolute atomic E-state index is 11.6. The van der Waals surface area contributed by atoms with Crippen LogP contribution in [0.2, 0.25) is 0 Å². The number of carbonyl (C=O) groups is 1. The number of aldehydes is 1. The number of aliphatic hydroxyl groups is 4. The lowest BCUT2D eigenvalue weighted by atomic mass is 9.98. The number of hydrogen-bond donors (Lipinski definition) is 4. The van der Waals surface area contributed by atoms with Gasteiger partial charge in [0.15, 0.2) is 24.2 Å². The second-order valence-electron chi connectivity index (χ2n) is 8.37. The number of carbonyl (C=O) groups excluding carboxylic acids is 1. The van der Waals surface area contributed by atoms with Crippen molar-refractivity contribution >= 4 is 6.29 Å². The zero-order valence-electron chi connectivity index (χ0n) is 16.8. The van der Waals surface area contributed by atoms with E-state index in [1.54, 1.807) is 27.7 Å². The molecule has 4 N–H and O–H groups in total. The standard InChI is InChI=1S/C18H30O11/c1-17(2)24-7-10(28-17)14(15-9(6-20)27-18(3,4)29-15)26-16-13(23)12(22)11(21)8(5-19)25-16/h6,8-16,19,21-23H,5,7H2,1-4H3/t8-,9+,10-,11-,12+,13-,14-,15-,16-/m1/s1. The fourth-order valence-electron chi connectivity index (χ4n) is 3.77. The van der Waals surface area contributed by atoms with Crippen LogP contribution >= 0.6 is 0 Å². The van der Waals surface area contributed by atoms with Crippen LogP contribution < -0.4 is 0 Å². The summed E-state index contributed by atoms with van der Waals surface area (Å²) in [6.45, 7) is 6.23. The summed E-state index contributed by atoms with van der Waals surface area (Å²) in [6.07, 6.45) is -10.3. The Hall–Kier alpha value is -0.730. The Kier molecular flexibility index (Phi) is 6.66. The van der Waals surface area contributed by atoms with E-state index in [9.17, 15) is 25.2 Å². The molecule has 0 saturated carbocycles. The predicted octanol–water partition coefficient (Wildman–Crippen LogP) is -1.96. The smallest absolute Gasteiger partial charge is 0.187 e. The molecule has 29 heavy (non-hydrogen) atoms. The van der Waals surface area contributed by atoms with E-state index in [0.717, 1.165) is 0 Å². The Labute approximate surface area is 168 Å². The summed E-state index contributed by atoms with van der Waals surface area (Å²) in [5.74, 6) is -1.98. The summed E-state index contributed by atoms with van der Waals surface area (Å²) in [5.41, 5.74) is 0. The van der Waals surface area contributed by atoms with Crippen LogP contribution in [0.15, 0.2) is 0 Å². The first kappa shape index (κ1) is 22.9. The Morgan fingerprint density at radius 3 is 2.28 bits per heavy atom. The molecule has 9 atom stereocenters. The molecule has 3 heterocycles. The molecule has 3 rings (SSSR count). The molecule has 0 aromatic carbocycles. The summed E-state index contributed by atoms with van der Waals surface area (Å²) in [6, 6.07) is 0. The molecule has 11 heteroatoms. The molecule has 168 valence electrons. The minimum absolute atomic E-state index is 0.112. The van der Waals surface area contributed by atoms with Gasteiger partial charge in [0.25, 0.3) is 0 Å². The number of aliphatic hydroxyl groups excluding tert-OH is 4. The van der Waals surface area contributed by atoms with Crippen LogP contribution in [0.25, 0.3) is 0 Å². The maximum Gasteiger partial charge on any atom is 0.187 e. The SMILES string of the molecule is CC1(C)O[C@@H]([C@H](O[C@H]2O[C@H](CO)[C@@H](O)[C@H](O)[C@H]2O)[C@H]2COC(C)(C)O2)[C@H](C=O)O1. The Morgan fingerprint density at radius 2 is 1.72 bits per heavy atom. The molecule has 0 bridgehead atoms. The molecular formula is C18H30O11. The lowest BCUT2D eigenvalue weighted by molar-refractivity contribution is -0.327. The van der Waals surface area contributed by atoms with Crippen molar-refractivity contribution in [2.24, 2.45) is 0 Å². The van der Waals surface area contributed by atoms with Crippen molar-refractivity contribution in [1.82, 2.24) is 0 Å². The van der Waals surface area contributed by atoms with Crippen LogP contribution in [-0.2, 0) is 33.2 Å². The lowest BCUT2D eigenvalue weighted by Crippen LogP contribution is -2.61. The van der Waals surface area contributed by atoms with Crippen molar-refractivity contribution < 1.29 is 53.6 Å². The van der Waals surface area contributed by atoms with Crippen molar-refractivity contribution in [2.45, 2.75) is 94.4 Å². The average Bonchev–Trinajstić information content (AvgIpc) is 3.17. The van der Waals surface area contributed by atoms with Gasteiger partial charge in [-0.3, -0.25) is 0 Å². The van der Waals surface area contributed by atoms with Gasteiger partial charge in [-0.15, -0.1) is 0 Å². The fourth-order valence-corrected chi connectivity index (χ4v) is 3.77. The summed E-state index contributed by atoms with van der Waals surface area (Å²) in [7, 11) is 0. The molecule has 3 fully saturated rings. The van der Waals surface area contributed by atoms with E-state index in [-0.39, 0.29) is 6.61 Å². The van der Waals surface area contributed by atoms with Crippen LogP contribution in [0.5, 0.6) is 0 Å². The van der Waals surface area contributed by atoms with E-state index in [0.29, 0.717) is 6.29 Å². The van der Waals surface area contributed by atoms with Gasteiger partial charge >= 0.3 is 0 Å². The molecule has 11 nitrogen and oxygen atoms in total. The number of ether oxygens (including phenoxy) is 6. The van der Waals surface area contributed by atoms with Gasteiger partial charge in [-0.2, -0.15) is 0 Å². The monoisotopic (exact) mass is 422 g/mol. The third-order valence-corrected chi connectivity index (χ3v) is 5.16. The van der Waals surface area contributed by atoms with Gasteiger partial charge in [-0.05, 0) is 27.7 Å². The molecule has 0 radical (unpaired) electrons. The highest BCUT2D eigenvalue weighted by Gasteiger charge is 2.54. The van der Waals surface area contributed by atoms with Crippen molar-refractivity contribution in [2.75, 3.05) is 13.2 Å². The molecule has 3 aliphatic rings. The normalized spacial score (nSPS) is 45.2. The van der Waals surface area contributed by atoms with Gasteiger partial charge in [0.05, 0.1) is 13.2 Å². The lowest BCUT2D eigenvalue weighted by Gasteiger charge is -2.42. The summed E-state index contributed by atoms with van der Waals surface area (Å²) >= 11 is 0. The van der Waals surface area contributed by atoms with Crippen molar-refractivity contribution in [3.8, 4) is 0 Å². The largest absolute Gasteiger partial charge is 0.394 e. The predicted molar refractivity (Wildman–Crippen MR) is 93.4 cm³/mol. The highest BCUT2D eigenvalue weighted by atomic mass is 16.8. The Morgan fingerprint density at radius 1 is 1.03 bits per heavy atom. The van der Waals surface area contributed by atoms with Crippen LogP contribution in [0.4, 0.5) is 0 Å². The summed E-state index contributed by atoms with van der Waals surface area (Å²) < 4.78 is 34.3. The first-order valence-electron chi connectivity index (χ1n) is 9.56. The topological polar surface area (TPSA) is 153 Å². The fraction of sp³-hybridized carbons (Fsp3) is 0.944. The second kappa shape index (κ2) is 8.42. The third kappa shape index (κ3) is 4.79. The molecule has 0 amide bonds. The van der Waals surface area contributed by atoms with Crippen molar-refractivity contribution in [1.29, 1.82) is 0 Å². The molecule has 0 aliphatic carbocycles. The first-order valence-corrected chi connectivity index (χ1v) is 9.56. The van der Waals surface area contributed by atoms with Gasteiger partial charge in [0.2, 0.25) is 0 Å². The summed E-state index contributed by atoms with van der Waals surface area (Å²) in [4.78, 5) is 11.6. The van der Waals surface area contributed by atoms with Gasteiger partial charge in [-0.25, -0.2) is 0 Å². The highest BCUT2D eigenvalue weighted by molar-refractivity contribution is 5.58. The van der Waals surface area contributed by atoms with Gasteiger partial charge in [-0.1, -0.05) is 0 Å². The molecule has 0 aromatic heterocycles. The van der Waals surface area contributed by atoms with E-state index in [2.05, 4.69) is 0 Å². The molecular weight excluding hydrogens is 392 g/mol. The van der Waals surface area contributed by atoms with Gasteiger partial charge in [0.1, 0.15) is 48.8 Å². The van der Waals surface area contributed by atoms with Gasteiger partial charge in [0, 0.05) is 0 Å². The van der Waals surface area contributed by atoms with E-state index in [1.165, 1.54) is 0 Å². The molecule has 3 aliphatic heterocycles. The van der Waals surface area contributed by atoms with Crippen LogP contribution in [-0.4, -0.2) is 107 Å². The van der Waals surface area contributed by atoms with E-state index < -0.39 is 73.3 Å². The van der Waals surface area contributed by atoms with Gasteiger partial charge < -0.3 is 53.6 Å². The minimum Gasteiger partial charge on any atom is -0.394 e. The highest BCUT2D eigenvalue weighted by Crippen LogP contribution is 2.36. The molecule has 0 unspecified atom stereocenters. The molecule has 3 saturated heterocycles. The minimum atomic E-state index is -1.62. The van der Waals surface area contributed by atoms with Crippen molar-refractivity contribution in [3.05, 3.63) is 0 Å². The zero-order chi connectivity index (χ0) is 21.6. The maximum atomic E-state index is 11.6. The first-order chi connectivity index (χ1) is 13.5. The van der Waals surface area contributed by atoms with Crippen LogP contribution in [0, 0.1) is 0 Å². The zero-order valence-corrected chi connectivity index (χ0v) is 16.8. The third-order valence-electron chi connectivity index (χ3n) is 5.16. The van der Waals surface area contributed by atoms with Crippen LogP contribution in [0.1, 0.15) is 27.7 Å². The van der Waals surface area contributed by atoms with E-state index >= 15 is 0 Å².